The second kappa shape index (κ2) is 5.59. The van der Waals surface area contributed by atoms with Crippen LogP contribution in [0, 0.1) is 0 Å². The molecule has 2 aromatic rings. The van der Waals surface area contributed by atoms with Gasteiger partial charge in [-0.05, 0) is 46.3 Å². The van der Waals surface area contributed by atoms with E-state index in [-0.39, 0.29) is 5.91 Å². The molecule has 5 nitrogen and oxygen atoms in total. The summed E-state index contributed by atoms with van der Waals surface area (Å²) in [7, 11) is 1.55. The smallest absolute Gasteiger partial charge is 0.258 e. The Balaban J connectivity index is 2.23. The van der Waals surface area contributed by atoms with Gasteiger partial charge in [-0.25, -0.2) is 0 Å². The highest BCUT2D eigenvalue weighted by atomic mass is 79.9. The molecule has 1 aromatic carbocycles. The van der Waals surface area contributed by atoms with Gasteiger partial charge in [0.2, 0.25) is 0 Å². The summed E-state index contributed by atoms with van der Waals surface area (Å²) in [5.41, 5.74) is 0.472. The standard InChI is InChI=1S/C12H10BrN3O2/c1-18-8-4-5-10(13)9(7-8)12(17)15-11-3-2-6-14-16-11/h2-7H,1H3,(H,15,16,17). The molecule has 0 bridgehead atoms. The van der Waals surface area contributed by atoms with Crippen LogP contribution in [0.5, 0.6) is 5.75 Å². The average molecular weight is 308 g/mol. The lowest BCUT2D eigenvalue weighted by atomic mass is 10.2. The molecule has 0 unspecified atom stereocenters. The molecule has 0 spiro atoms. The molecule has 1 aromatic heterocycles. The summed E-state index contributed by atoms with van der Waals surface area (Å²) in [6, 6.07) is 8.53. The summed E-state index contributed by atoms with van der Waals surface area (Å²) >= 11 is 3.32. The Kier molecular flexibility index (Phi) is 3.88. The molecule has 0 saturated carbocycles. The monoisotopic (exact) mass is 307 g/mol. The van der Waals surface area contributed by atoms with Gasteiger partial charge in [0.05, 0.1) is 12.7 Å². The van der Waals surface area contributed by atoms with Crippen molar-refractivity contribution in [1.29, 1.82) is 0 Å². The first-order valence-corrected chi connectivity index (χ1v) is 5.92. The number of hydrogen-bond donors (Lipinski definition) is 1. The first-order chi connectivity index (χ1) is 8.70. The van der Waals surface area contributed by atoms with Gasteiger partial charge in [0, 0.05) is 10.7 Å². The van der Waals surface area contributed by atoms with Gasteiger partial charge in [0.1, 0.15) is 5.75 Å². The number of carbonyl (C=O) groups excluding carboxylic acids is 1. The summed E-state index contributed by atoms with van der Waals surface area (Å²) in [4.78, 5) is 12.0. The van der Waals surface area contributed by atoms with Crippen LogP contribution >= 0.6 is 15.9 Å². The third-order valence-electron chi connectivity index (χ3n) is 2.23. The van der Waals surface area contributed by atoms with Crippen molar-refractivity contribution in [3.8, 4) is 5.75 Å². The van der Waals surface area contributed by atoms with Crippen molar-refractivity contribution >= 4 is 27.7 Å². The van der Waals surface area contributed by atoms with E-state index in [4.69, 9.17) is 4.74 Å². The van der Waals surface area contributed by atoms with Crippen molar-refractivity contribution in [3.05, 3.63) is 46.6 Å². The molecule has 1 heterocycles. The molecule has 0 aliphatic rings. The quantitative estimate of drug-likeness (QED) is 0.946. The maximum absolute atomic E-state index is 12.0. The molecule has 18 heavy (non-hydrogen) atoms. The normalized spacial score (nSPS) is 9.89. The van der Waals surface area contributed by atoms with Crippen LogP contribution in [0.2, 0.25) is 0 Å². The highest BCUT2D eigenvalue weighted by Crippen LogP contribution is 2.23. The van der Waals surface area contributed by atoms with Crippen LogP contribution in [0.3, 0.4) is 0 Å². The predicted octanol–water partition coefficient (Wildman–Crippen LogP) is 2.50. The van der Waals surface area contributed by atoms with E-state index in [1.165, 1.54) is 6.20 Å². The van der Waals surface area contributed by atoms with Gasteiger partial charge >= 0.3 is 0 Å². The fraction of sp³-hybridized carbons (Fsp3) is 0.0833. The first kappa shape index (κ1) is 12.5. The molecule has 1 N–H and O–H groups in total. The SMILES string of the molecule is COc1ccc(Br)c(C(=O)Nc2cccnn2)c1. The molecule has 0 aliphatic carbocycles. The number of anilines is 1. The molecule has 0 radical (unpaired) electrons. The van der Waals surface area contributed by atoms with E-state index in [9.17, 15) is 4.79 Å². The minimum Gasteiger partial charge on any atom is -0.497 e. The minimum absolute atomic E-state index is 0.277. The molecular formula is C12H10BrN3O2. The summed E-state index contributed by atoms with van der Waals surface area (Å²) in [5, 5.41) is 10.1. The molecule has 0 saturated heterocycles. The molecule has 0 fully saturated rings. The third-order valence-corrected chi connectivity index (χ3v) is 2.92. The lowest BCUT2D eigenvalue weighted by Gasteiger charge is -2.07. The number of methoxy groups -OCH3 is 1. The van der Waals surface area contributed by atoms with Gasteiger partial charge in [-0.2, -0.15) is 5.10 Å². The lowest BCUT2D eigenvalue weighted by molar-refractivity contribution is 0.102. The number of nitrogens with one attached hydrogen (secondary N) is 1. The van der Waals surface area contributed by atoms with Crippen LogP contribution in [-0.2, 0) is 0 Å². The van der Waals surface area contributed by atoms with Crippen molar-refractivity contribution < 1.29 is 9.53 Å². The number of rotatable bonds is 3. The largest absolute Gasteiger partial charge is 0.497 e. The number of hydrogen-bond acceptors (Lipinski definition) is 4. The summed E-state index contributed by atoms with van der Waals surface area (Å²) in [6.45, 7) is 0. The lowest BCUT2D eigenvalue weighted by Crippen LogP contribution is -2.14. The van der Waals surface area contributed by atoms with E-state index < -0.39 is 0 Å². The maximum Gasteiger partial charge on any atom is 0.258 e. The number of ether oxygens (including phenoxy) is 1. The van der Waals surface area contributed by atoms with Crippen molar-refractivity contribution in [2.24, 2.45) is 0 Å². The molecule has 2 rings (SSSR count). The van der Waals surface area contributed by atoms with Crippen LogP contribution < -0.4 is 10.1 Å². The second-order valence-electron chi connectivity index (χ2n) is 3.41. The molecule has 0 atom stereocenters. The zero-order valence-corrected chi connectivity index (χ0v) is 11.1. The maximum atomic E-state index is 12.0. The Morgan fingerprint density at radius 3 is 2.89 bits per heavy atom. The van der Waals surface area contributed by atoms with E-state index in [0.29, 0.717) is 21.6 Å². The first-order valence-electron chi connectivity index (χ1n) is 5.13. The van der Waals surface area contributed by atoms with Crippen molar-refractivity contribution in [2.45, 2.75) is 0 Å². The van der Waals surface area contributed by atoms with Crippen molar-refractivity contribution in [2.75, 3.05) is 12.4 Å². The van der Waals surface area contributed by atoms with Gasteiger partial charge < -0.3 is 10.1 Å². The summed E-state index contributed by atoms with van der Waals surface area (Å²) < 4.78 is 5.77. The highest BCUT2D eigenvalue weighted by Gasteiger charge is 2.12. The van der Waals surface area contributed by atoms with Crippen LogP contribution in [0.25, 0.3) is 0 Å². The molecule has 0 aliphatic heterocycles. The topological polar surface area (TPSA) is 64.1 Å². The van der Waals surface area contributed by atoms with Gasteiger partial charge in [0.15, 0.2) is 5.82 Å². The Hall–Kier alpha value is -1.95. The zero-order chi connectivity index (χ0) is 13.0. The average Bonchev–Trinajstić information content (AvgIpc) is 2.40. The summed E-state index contributed by atoms with van der Waals surface area (Å²) in [6.07, 6.45) is 1.54. The zero-order valence-electron chi connectivity index (χ0n) is 9.55. The second-order valence-corrected chi connectivity index (χ2v) is 4.26. The fourth-order valence-electron chi connectivity index (χ4n) is 1.36. The fourth-order valence-corrected chi connectivity index (χ4v) is 1.78. The van der Waals surface area contributed by atoms with E-state index in [1.807, 2.05) is 0 Å². The van der Waals surface area contributed by atoms with E-state index in [0.717, 1.165) is 0 Å². The predicted molar refractivity (Wildman–Crippen MR) is 70.7 cm³/mol. The number of aromatic nitrogens is 2. The Morgan fingerprint density at radius 2 is 2.22 bits per heavy atom. The van der Waals surface area contributed by atoms with Gasteiger partial charge in [-0.15, -0.1) is 5.10 Å². The Morgan fingerprint density at radius 1 is 1.39 bits per heavy atom. The van der Waals surface area contributed by atoms with Crippen LogP contribution in [0.4, 0.5) is 5.82 Å². The van der Waals surface area contributed by atoms with Gasteiger partial charge in [0.25, 0.3) is 5.91 Å². The Bertz CT molecular complexity index is 561. The van der Waals surface area contributed by atoms with E-state index >= 15 is 0 Å². The number of amides is 1. The van der Waals surface area contributed by atoms with Crippen molar-refractivity contribution in [3.63, 3.8) is 0 Å². The van der Waals surface area contributed by atoms with Crippen molar-refractivity contribution in [1.82, 2.24) is 10.2 Å². The summed E-state index contributed by atoms with van der Waals surface area (Å²) in [5.74, 6) is 0.737. The number of benzene rings is 1. The molecule has 6 heteroatoms. The molecule has 92 valence electrons. The van der Waals surface area contributed by atoms with Crippen LogP contribution in [0.15, 0.2) is 41.0 Å². The Labute approximate surface area is 112 Å². The van der Waals surface area contributed by atoms with Crippen LogP contribution in [-0.4, -0.2) is 23.2 Å². The highest BCUT2D eigenvalue weighted by molar-refractivity contribution is 9.10. The van der Waals surface area contributed by atoms with E-state index in [2.05, 4.69) is 31.4 Å². The van der Waals surface area contributed by atoms with E-state index in [1.54, 1.807) is 37.4 Å². The minimum atomic E-state index is -0.277. The molecule has 1 amide bonds. The van der Waals surface area contributed by atoms with Gasteiger partial charge in [-0.3, -0.25) is 4.79 Å². The third kappa shape index (κ3) is 2.84. The van der Waals surface area contributed by atoms with Gasteiger partial charge in [-0.1, -0.05) is 0 Å². The number of carbonyl (C=O) groups is 1. The number of nitrogens with zero attached hydrogens (tertiary/aromatic N) is 2. The number of halogens is 1. The van der Waals surface area contributed by atoms with Crippen LogP contribution in [0.1, 0.15) is 10.4 Å². The molecular weight excluding hydrogens is 298 g/mol.